The van der Waals surface area contributed by atoms with Gasteiger partial charge in [-0.05, 0) is 39.0 Å². The smallest absolute Gasteiger partial charge is 0.251 e. The van der Waals surface area contributed by atoms with Gasteiger partial charge in [0, 0.05) is 19.2 Å². The maximum absolute atomic E-state index is 12.1. The first-order valence-electron chi connectivity index (χ1n) is 6.44. The van der Waals surface area contributed by atoms with Crippen LogP contribution in [0.1, 0.15) is 47.0 Å². The van der Waals surface area contributed by atoms with Crippen molar-refractivity contribution in [3.8, 4) is 0 Å². The van der Waals surface area contributed by atoms with Crippen LogP contribution in [0.3, 0.4) is 0 Å². The summed E-state index contributed by atoms with van der Waals surface area (Å²) in [6.45, 7) is 9.75. The van der Waals surface area contributed by atoms with Crippen LogP contribution in [0.2, 0.25) is 0 Å². The highest BCUT2D eigenvalue weighted by Gasteiger charge is 2.27. The highest BCUT2D eigenvalue weighted by molar-refractivity contribution is 5.80. The fourth-order valence-corrected chi connectivity index (χ4v) is 2.07. The first kappa shape index (κ1) is 13.5. The largest absolute Gasteiger partial charge is 0.368 e. The molecular formula is C13H25NO2. The zero-order valence-electron chi connectivity index (χ0n) is 11.0. The van der Waals surface area contributed by atoms with Crippen LogP contribution in [0.15, 0.2) is 0 Å². The van der Waals surface area contributed by atoms with Gasteiger partial charge in [0.05, 0.1) is 0 Å². The molecule has 1 aliphatic heterocycles. The van der Waals surface area contributed by atoms with Gasteiger partial charge in [0.1, 0.15) is 6.10 Å². The number of likely N-dealkylation sites (tertiary alicyclic amines) is 1. The van der Waals surface area contributed by atoms with Gasteiger partial charge in [0.25, 0.3) is 5.91 Å². The van der Waals surface area contributed by atoms with Gasteiger partial charge < -0.3 is 9.64 Å². The summed E-state index contributed by atoms with van der Waals surface area (Å²) in [5.74, 6) is 0.641. The Bertz CT molecular complexity index is 228. The van der Waals surface area contributed by atoms with E-state index in [1.165, 1.54) is 6.42 Å². The summed E-state index contributed by atoms with van der Waals surface area (Å²) in [5.41, 5.74) is 0. The first-order valence-corrected chi connectivity index (χ1v) is 6.44. The van der Waals surface area contributed by atoms with Gasteiger partial charge >= 0.3 is 0 Å². The Kier molecular flexibility index (Phi) is 5.26. The predicted molar refractivity (Wildman–Crippen MR) is 65.3 cm³/mol. The third-order valence-corrected chi connectivity index (χ3v) is 3.11. The van der Waals surface area contributed by atoms with E-state index in [4.69, 9.17) is 4.74 Å². The van der Waals surface area contributed by atoms with Crippen LogP contribution in [0.4, 0.5) is 0 Å². The number of carbonyl (C=O) groups is 1. The molecule has 16 heavy (non-hydrogen) atoms. The van der Waals surface area contributed by atoms with Crippen LogP contribution >= 0.6 is 0 Å². The second kappa shape index (κ2) is 6.24. The Morgan fingerprint density at radius 1 is 1.38 bits per heavy atom. The molecule has 1 heterocycles. The maximum Gasteiger partial charge on any atom is 0.251 e. The quantitative estimate of drug-likeness (QED) is 0.738. The summed E-state index contributed by atoms with van der Waals surface area (Å²) in [6, 6.07) is 0.381. The van der Waals surface area contributed by atoms with Gasteiger partial charge in [0.15, 0.2) is 0 Å². The molecule has 1 rings (SSSR count). The lowest BCUT2D eigenvalue weighted by Crippen LogP contribution is -2.47. The fourth-order valence-electron chi connectivity index (χ4n) is 2.07. The summed E-state index contributed by atoms with van der Waals surface area (Å²) in [5, 5.41) is 0. The molecule has 0 aromatic rings. The molecule has 0 saturated carbocycles. The molecule has 0 unspecified atom stereocenters. The molecule has 0 bridgehead atoms. The van der Waals surface area contributed by atoms with Gasteiger partial charge in [-0.3, -0.25) is 4.79 Å². The Hall–Kier alpha value is -0.570. The highest BCUT2D eigenvalue weighted by Crippen LogP contribution is 2.18. The van der Waals surface area contributed by atoms with Crippen molar-refractivity contribution in [2.24, 2.45) is 5.92 Å². The van der Waals surface area contributed by atoms with Crippen LogP contribution in [-0.2, 0) is 9.53 Å². The number of hydrogen-bond donors (Lipinski definition) is 0. The molecule has 94 valence electrons. The number of piperidine rings is 1. The van der Waals surface area contributed by atoms with E-state index in [-0.39, 0.29) is 12.0 Å². The lowest BCUT2D eigenvalue weighted by Gasteiger charge is -2.35. The number of nitrogens with zero attached hydrogens (tertiary/aromatic N) is 1. The van der Waals surface area contributed by atoms with E-state index in [9.17, 15) is 4.79 Å². The third-order valence-electron chi connectivity index (χ3n) is 3.11. The molecule has 2 atom stereocenters. The van der Waals surface area contributed by atoms with Gasteiger partial charge in [-0.25, -0.2) is 0 Å². The summed E-state index contributed by atoms with van der Waals surface area (Å²) >= 11 is 0. The van der Waals surface area contributed by atoms with Crippen molar-refractivity contribution >= 4 is 5.91 Å². The van der Waals surface area contributed by atoms with E-state index in [0.717, 1.165) is 19.4 Å². The van der Waals surface area contributed by atoms with E-state index in [2.05, 4.69) is 20.8 Å². The van der Waals surface area contributed by atoms with Crippen molar-refractivity contribution in [2.75, 3.05) is 13.2 Å². The zero-order chi connectivity index (χ0) is 12.1. The topological polar surface area (TPSA) is 29.5 Å². The molecule has 1 saturated heterocycles. The minimum absolute atomic E-state index is 0.160. The normalized spacial score (nSPS) is 23.6. The van der Waals surface area contributed by atoms with Crippen LogP contribution < -0.4 is 0 Å². The van der Waals surface area contributed by atoms with Gasteiger partial charge in [-0.2, -0.15) is 0 Å². The Labute approximate surface area is 99.1 Å². The third kappa shape index (κ3) is 3.78. The van der Waals surface area contributed by atoms with Crippen LogP contribution in [0.25, 0.3) is 0 Å². The minimum atomic E-state index is -0.289. The van der Waals surface area contributed by atoms with Crippen molar-refractivity contribution in [3.63, 3.8) is 0 Å². The average Bonchev–Trinajstić information content (AvgIpc) is 2.25. The molecule has 0 spiro atoms. The van der Waals surface area contributed by atoms with Crippen molar-refractivity contribution < 1.29 is 9.53 Å². The van der Waals surface area contributed by atoms with E-state index in [1.54, 1.807) is 0 Å². The van der Waals surface area contributed by atoms with E-state index >= 15 is 0 Å². The number of amides is 1. The average molecular weight is 227 g/mol. The van der Waals surface area contributed by atoms with Crippen molar-refractivity contribution in [2.45, 2.75) is 59.1 Å². The van der Waals surface area contributed by atoms with Crippen LogP contribution in [0.5, 0.6) is 0 Å². The Balaban J connectivity index is 2.42. The number of rotatable bonds is 4. The van der Waals surface area contributed by atoms with E-state index < -0.39 is 0 Å². The van der Waals surface area contributed by atoms with E-state index in [0.29, 0.717) is 18.6 Å². The molecule has 3 nitrogen and oxygen atoms in total. The molecule has 0 radical (unpaired) electrons. The van der Waals surface area contributed by atoms with E-state index in [1.807, 2.05) is 11.8 Å². The summed E-state index contributed by atoms with van der Waals surface area (Å²) in [6.07, 6.45) is 3.21. The molecule has 1 aliphatic rings. The highest BCUT2D eigenvalue weighted by atomic mass is 16.5. The number of carbonyl (C=O) groups excluding carboxylic acids is 1. The summed E-state index contributed by atoms with van der Waals surface area (Å²) < 4.78 is 5.58. The molecule has 1 amide bonds. The summed E-state index contributed by atoms with van der Waals surface area (Å²) in [4.78, 5) is 14.1. The first-order chi connectivity index (χ1) is 7.52. The lowest BCUT2D eigenvalue weighted by molar-refractivity contribution is -0.146. The predicted octanol–water partition coefficient (Wildman–Crippen LogP) is 2.45. The molecule has 3 heteroatoms. The molecule has 1 fully saturated rings. The second-order valence-corrected chi connectivity index (χ2v) is 5.25. The molecule has 0 aliphatic carbocycles. The second-order valence-electron chi connectivity index (χ2n) is 5.25. The van der Waals surface area contributed by atoms with Crippen LogP contribution in [-0.4, -0.2) is 36.1 Å². The number of hydrogen-bond acceptors (Lipinski definition) is 2. The lowest BCUT2D eigenvalue weighted by atomic mass is 10.0. The van der Waals surface area contributed by atoms with Crippen molar-refractivity contribution in [1.29, 1.82) is 0 Å². The standard InChI is InChI=1S/C13H25NO2/c1-10(2)9-16-12(4)13(15)14-8-6-5-7-11(14)3/h10-12H,5-9H2,1-4H3/t11-,12-/m0/s1. The molecule has 0 aromatic carbocycles. The van der Waals surface area contributed by atoms with Gasteiger partial charge in [-0.1, -0.05) is 13.8 Å². The Morgan fingerprint density at radius 3 is 2.62 bits per heavy atom. The molecular weight excluding hydrogens is 202 g/mol. The fraction of sp³-hybridized carbons (Fsp3) is 0.923. The maximum atomic E-state index is 12.1. The molecule has 0 N–H and O–H groups in total. The monoisotopic (exact) mass is 227 g/mol. The van der Waals surface area contributed by atoms with Crippen molar-refractivity contribution in [3.05, 3.63) is 0 Å². The SMILES string of the molecule is CC(C)CO[C@@H](C)C(=O)N1CCCC[C@@H]1C. The summed E-state index contributed by atoms with van der Waals surface area (Å²) in [7, 11) is 0. The van der Waals surface area contributed by atoms with Crippen LogP contribution in [0, 0.1) is 5.92 Å². The van der Waals surface area contributed by atoms with Crippen molar-refractivity contribution in [1.82, 2.24) is 4.90 Å². The Morgan fingerprint density at radius 2 is 2.06 bits per heavy atom. The molecule has 0 aromatic heterocycles. The minimum Gasteiger partial charge on any atom is -0.368 e. The zero-order valence-corrected chi connectivity index (χ0v) is 11.0. The van der Waals surface area contributed by atoms with Gasteiger partial charge in [0.2, 0.25) is 0 Å². The number of ether oxygens (including phenoxy) is 1. The van der Waals surface area contributed by atoms with Gasteiger partial charge in [-0.15, -0.1) is 0 Å².